The first kappa shape index (κ1) is 13.1. The lowest BCUT2D eigenvalue weighted by Gasteiger charge is -2.18. The van der Waals surface area contributed by atoms with Gasteiger partial charge in [-0.1, -0.05) is 12.1 Å². The maximum Gasteiger partial charge on any atom is 0.0669 e. The van der Waals surface area contributed by atoms with Crippen LogP contribution in [0.1, 0.15) is 21.4 Å². The van der Waals surface area contributed by atoms with Gasteiger partial charge >= 0.3 is 0 Å². The van der Waals surface area contributed by atoms with Crippen molar-refractivity contribution in [2.75, 3.05) is 26.0 Å². The average Bonchev–Trinajstić information content (AvgIpc) is 2.77. The first-order valence-corrected chi connectivity index (χ1v) is 6.94. The minimum Gasteiger partial charge on any atom is -0.378 e. The topological polar surface area (TPSA) is 15.3 Å². The van der Waals surface area contributed by atoms with Crippen molar-refractivity contribution >= 4 is 17.0 Å². The molecule has 0 aliphatic rings. The van der Waals surface area contributed by atoms with Crippen LogP contribution in [0.4, 0.5) is 5.69 Å². The molecule has 0 saturated carbocycles. The lowest BCUT2D eigenvalue weighted by atomic mass is 10.0. The standard InChI is InChI=1S/C15H20N2S/c1-11-8-9-14(18-11)15(16-2)12-6-5-7-13(10-12)17(3)4/h5-10,15-16H,1-4H3. The van der Waals surface area contributed by atoms with Crippen LogP contribution >= 0.6 is 11.3 Å². The lowest BCUT2D eigenvalue weighted by molar-refractivity contribution is 0.704. The van der Waals surface area contributed by atoms with Crippen LogP contribution in [0.2, 0.25) is 0 Å². The molecule has 1 atom stereocenters. The minimum absolute atomic E-state index is 0.281. The van der Waals surface area contributed by atoms with Gasteiger partial charge in [0.05, 0.1) is 6.04 Å². The molecule has 0 fully saturated rings. The summed E-state index contributed by atoms with van der Waals surface area (Å²) in [6.07, 6.45) is 0. The monoisotopic (exact) mass is 260 g/mol. The largest absolute Gasteiger partial charge is 0.378 e. The quantitative estimate of drug-likeness (QED) is 0.906. The van der Waals surface area contributed by atoms with Crippen molar-refractivity contribution in [2.24, 2.45) is 0 Å². The number of rotatable bonds is 4. The molecule has 0 radical (unpaired) electrons. The van der Waals surface area contributed by atoms with Crippen molar-refractivity contribution in [2.45, 2.75) is 13.0 Å². The van der Waals surface area contributed by atoms with E-state index in [4.69, 9.17) is 0 Å². The Kier molecular flexibility index (Phi) is 4.04. The molecule has 3 heteroatoms. The second-order valence-corrected chi connectivity index (χ2v) is 5.98. The van der Waals surface area contributed by atoms with Crippen molar-refractivity contribution < 1.29 is 0 Å². The van der Waals surface area contributed by atoms with Gasteiger partial charge in [0, 0.05) is 29.5 Å². The third-order valence-corrected chi connectivity index (χ3v) is 4.12. The number of benzene rings is 1. The molecular weight excluding hydrogens is 240 g/mol. The van der Waals surface area contributed by atoms with E-state index in [0.717, 1.165) is 0 Å². The summed E-state index contributed by atoms with van der Waals surface area (Å²) in [6, 6.07) is 13.4. The van der Waals surface area contributed by atoms with E-state index >= 15 is 0 Å². The van der Waals surface area contributed by atoms with E-state index in [1.807, 2.05) is 18.4 Å². The highest BCUT2D eigenvalue weighted by Gasteiger charge is 2.14. The fourth-order valence-corrected chi connectivity index (χ4v) is 3.08. The van der Waals surface area contributed by atoms with Crippen LogP contribution in [0.25, 0.3) is 0 Å². The number of nitrogens with zero attached hydrogens (tertiary/aromatic N) is 1. The van der Waals surface area contributed by atoms with Gasteiger partial charge in [-0.3, -0.25) is 0 Å². The SMILES string of the molecule is CNC(c1cccc(N(C)C)c1)c1ccc(C)s1. The third kappa shape index (κ3) is 2.74. The Morgan fingerprint density at radius 3 is 2.50 bits per heavy atom. The number of hydrogen-bond acceptors (Lipinski definition) is 3. The zero-order valence-electron chi connectivity index (χ0n) is 11.4. The van der Waals surface area contributed by atoms with Gasteiger partial charge in [0.15, 0.2) is 0 Å². The molecule has 0 saturated heterocycles. The Morgan fingerprint density at radius 1 is 1.17 bits per heavy atom. The van der Waals surface area contributed by atoms with E-state index in [9.17, 15) is 0 Å². The van der Waals surface area contributed by atoms with Crippen LogP contribution < -0.4 is 10.2 Å². The van der Waals surface area contributed by atoms with Gasteiger partial charge in [0.2, 0.25) is 0 Å². The van der Waals surface area contributed by atoms with Crippen LogP contribution in [0.3, 0.4) is 0 Å². The fourth-order valence-electron chi connectivity index (χ4n) is 2.06. The Hall–Kier alpha value is -1.32. The van der Waals surface area contributed by atoms with Gasteiger partial charge in [-0.25, -0.2) is 0 Å². The average molecular weight is 260 g/mol. The molecule has 1 aromatic carbocycles. The number of nitrogens with one attached hydrogen (secondary N) is 1. The first-order chi connectivity index (χ1) is 8.61. The first-order valence-electron chi connectivity index (χ1n) is 6.12. The summed E-state index contributed by atoms with van der Waals surface area (Å²) >= 11 is 1.85. The number of aryl methyl sites for hydroxylation is 1. The molecule has 2 nitrogen and oxygen atoms in total. The third-order valence-electron chi connectivity index (χ3n) is 3.05. The smallest absolute Gasteiger partial charge is 0.0669 e. The Labute approximate surface area is 113 Å². The van der Waals surface area contributed by atoms with Gasteiger partial charge in [-0.15, -0.1) is 11.3 Å². The summed E-state index contributed by atoms with van der Waals surface area (Å²) in [5, 5.41) is 3.41. The van der Waals surface area contributed by atoms with Crippen LogP contribution in [0.5, 0.6) is 0 Å². The number of anilines is 1. The molecule has 0 aliphatic carbocycles. The number of thiophene rings is 1. The maximum absolute atomic E-state index is 3.41. The highest BCUT2D eigenvalue weighted by atomic mass is 32.1. The molecule has 0 spiro atoms. The predicted molar refractivity (Wildman–Crippen MR) is 80.7 cm³/mol. The molecule has 2 rings (SSSR count). The summed E-state index contributed by atoms with van der Waals surface area (Å²) in [4.78, 5) is 4.86. The highest BCUT2D eigenvalue weighted by Crippen LogP contribution is 2.29. The molecule has 18 heavy (non-hydrogen) atoms. The van der Waals surface area contributed by atoms with Crippen LogP contribution in [0.15, 0.2) is 36.4 Å². The van der Waals surface area contributed by atoms with Gasteiger partial charge in [0.25, 0.3) is 0 Å². The van der Waals surface area contributed by atoms with Gasteiger partial charge in [-0.2, -0.15) is 0 Å². The summed E-state index contributed by atoms with van der Waals surface area (Å²) in [7, 11) is 6.16. The molecule has 1 aromatic heterocycles. The fraction of sp³-hybridized carbons (Fsp3) is 0.333. The van der Waals surface area contributed by atoms with Gasteiger partial charge in [0.1, 0.15) is 0 Å². The van der Waals surface area contributed by atoms with E-state index < -0.39 is 0 Å². The van der Waals surface area contributed by atoms with Crippen LogP contribution in [0, 0.1) is 6.92 Å². The summed E-state index contributed by atoms with van der Waals surface area (Å²) < 4.78 is 0. The molecular formula is C15H20N2S. The van der Waals surface area contributed by atoms with E-state index in [1.165, 1.54) is 21.0 Å². The summed E-state index contributed by atoms with van der Waals surface area (Å²) in [6.45, 7) is 2.15. The molecule has 1 N–H and O–H groups in total. The van der Waals surface area contributed by atoms with Crippen molar-refractivity contribution in [3.63, 3.8) is 0 Å². The number of hydrogen-bond donors (Lipinski definition) is 1. The maximum atomic E-state index is 3.41. The van der Waals surface area contributed by atoms with Gasteiger partial charge < -0.3 is 10.2 Å². The molecule has 1 heterocycles. The van der Waals surface area contributed by atoms with Crippen molar-refractivity contribution in [3.05, 3.63) is 51.7 Å². The predicted octanol–water partition coefficient (Wildman–Crippen LogP) is 3.43. The Bertz CT molecular complexity index is 517. The molecule has 2 aromatic rings. The summed E-state index contributed by atoms with van der Waals surface area (Å²) in [5.74, 6) is 0. The normalized spacial score (nSPS) is 12.4. The minimum atomic E-state index is 0.281. The molecule has 0 amide bonds. The van der Waals surface area contributed by atoms with Crippen LogP contribution in [-0.2, 0) is 0 Å². The highest BCUT2D eigenvalue weighted by molar-refractivity contribution is 7.12. The Morgan fingerprint density at radius 2 is 1.94 bits per heavy atom. The van der Waals surface area contributed by atoms with Crippen molar-refractivity contribution in [3.8, 4) is 0 Å². The van der Waals surface area contributed by atoms with E-state index in [2.05, 4.69) is 67.6 Å². The summed E-state index contributed by atoms with van der Waals surface area (Å²) in [5.41, 5.74) is 2.55. The van der Waals surface area contributed by atoms with E-state index in [-0.39, 0.29) is 6.04 Å². The van der Waals surface area contributed by atoms with Crippen LogP contribution in [-0.4, -0.2) is 21.1 Å². The van der Waals surface area contributed by atoms with E-state index in [0.29, 0.717) is 0 Å². The zero-order chi connectivity index (χ0) is 13.1. The second kappa shape index (κ2) is 5.55. The molecule has 0 aliphatic heterocycles. The van der Waals surface area contributed by atoms with Gasteiger partial charge in [-0.05, 0) is 43.8 Å². The lowest BCUT2D eigenvalue weighted by Crippen LogP contribution is -2.17. The second-order valence-electron chi connectivity index (χ2n) is 4.66. The van der Waals surface area contributed by atoms with Crippen molar-refractivity contribution in [1.29, 1.82) is 0 Å². The zero-order valence-corrected chi connectivity index (χ0v) is 12.2. The Balaban J connectivity index is 2.35. The molecule has 0 bridgehead atoms. The molecule has 1 unspecified atom stereocenters. The van der Waals surface area contributed by atoms with Crippen molar-refractivity contribution in [1.82, 2.24) is 5.32 Å². The molecule has 96 valence electrons. The van der Waals surface area contributed by atoms with E-state index in [1.54, 1.807) is 0 Å².